The highest BCUT2D eigenvalue weighted by atomic mass is 16.3. The van der Waals surface area contributed by atoms with Crippen molar-refractivity contribution in [3.63, 3.8) is 0 Å². The fraction of sp³-hybridized carbons (Fsp3) is 0.132. The van der Waals surface area contributed by atoms with Crippen molar-refractivity contribution >= 4 is 86.4 Å². The molecule has 2 aliphatic carbocycles. The Morgan fingerprint density at radius 2 is 0.725 bits per heavy atom. The number of aliphatic hydroxyl groups excluding tert-OH is 1. The molecule has 0 bridgehead atoms. The number of benzene rings is 18. The Morgan fingerprint density at radius 3 is 1.29 bits per heavy atom. The third-order valence-electron chi connectivity index (χ3n) is 29.1. The smallest absolute Gasteiger partial charge is 0.0708 e. The standard InChI is InChI=1S/C82H73N3.C62H55NO/c1-58-35-41-67(42-36-58)80(68-43-37-59(2)38-44-68)51-63-39-45-74(46-40-63)85(77-53-72-27-12-13-32-79(72)81(55-77)82-34-16-21-62(5)83-82)76-50-66(26-17-33-78(70-29-14-19-60(3)47-70)71-30-15-20-61(4)48-71)49-73(54-76)69-28-18-31-75(52-69)84(56-64-22-8-6-9-23-64)57-65-24-10-7-11-25-65;1-42-17-25-49(26-18-42)56(50-27-19-43(2)20-28-50)15-10-12-46-23-31-53(32-24-46)63(54-33-34-61-59(40-54)57-14-7-8-16-60(57)62(61,5)6)55-37-45(4)35-48(38-55)39-58(52-13-9-11-44(3)36-52)51-29-21-47(41-64)22-30-51/h6-11,14-26,28-31,33-55H,12-13,27,32,56-57H2,1-5H3;7-40,64H,41H2,1-6H3/b26-17-;12-10+,58-39+. The summed E-state index contributed by atoms with van der Waals surface area (Å²) in [5, 5.41) is 9.82. The molecule has 19 aromatic rings. The van der Waals surface area contributed by atoms with Crippen LogP contribution in [0.15, 0.2) is 461 Å². The Labute approximate surface area is 882 Å². The maximum Gasteiger partial charge on any atom is 0.0708 e. The Hall–Kier alpha value is -17.1. The van der Waals surface area contributed by atoms with Gasteiger partial charge >= 0.3 is 0 Å². The van der Waals surface area contributed by atoms with Crippen LogP contribution in [0.5, 0.6) is 0 Å². The van der Waals surface area contributed by atoms with Crippen LogP contribution in [-0.4, -0.2) is 10.1 Å². The lowest BCUT2D eigenvalue weighted by Gasteiger charge is -2.30. The van der Waals surface area contributed by atoms with Crippen LogP contribution >= 0.6 is 0 Å². The van der Waals surface area contributed by atoms with Gasteiger partial charge in [0.2, 0.25) is 0 Å². The second kappa shape index (κ2) is 45.3. The SMILES string of the molecule is Cc1ccc(C(=C/C=C/c2ccc(N(c3cc(C)cc(/C=C(\c4ccc(CO)cc4)c4cccc(C)c4)c3)c3ccc4c(c3)-c3ccccc3C4(C)C)cc2)c2ccc(C)cc2)cc1.Cc1ccc(C(=Cc2ccc(N(c3cc(/C=C\C=C(c4cccc(C)c4)c4cccc(C)c4)cc(-c4cccc(N(Cc5ccccc5)Cc5ccccc5)c4)c3)c3cc4c(c(-c5cccc(C)n5)c3)CCCC4)cc2)c2ccc(C)cc2)cc1. The lowest BCUT2D eigenvalue weighted by molar-refractivity contribution is 0.282. The van der Waals surface area contributed by atoms with Gasteiger partial charge in [-0.15, -0.1) is 0 Å². The Bertz CT molecular complexity index is 8030. The van der Waals surface area contributed by atoms with Crippen LogP contribution in [0.2, 0.25) is 0 Å². The minimum absolute atomic E-state index is 0.0178. The summed E-state index contributed by atoms with van der Waals surface area (Å²) in [5.41, 5.74) is 53.1. The van der Waals surface area contributed by atoms with Crippen molar-refractivity contribution in [2.24, 2.45) is 0 Å². The summed E-state index contributed by atoms with van der Waals surface area (Å²) in [6, 6.07) is 160. The van der Waals surface area contributed by atoms with Gasteiger partial charge in [-0.3, -0.25) is 4.98 Å². The van der Waals surface area contributed by atoms with Crippen LogP contribution in [0.25, 0.3) is 80.1 Å². The number of aliphatic hydroxyl groups is 1. The molecule has 0 aliphatic heterocycles. The molecule has 1 aromatic heterocycles. The number of rotatable bonds is 28. The van der Waals surface area contributed by atoms with Crippen molar-refractivity contribution in [3.05, 3.63) is 617 Å². The molecule has 1 heterocycles. The number of hydrogen-bond donors (Lipinski definition) is 1. The number of pyridine rings is 1. The molecule has 0 atom stereocenters. The molecule has 0 radical (unpaired) electrons. The predicted molar refractivity (Wildman–Crippen MR) is 634 cm³/mol. The number of aromatic nitrogens is 1. The van der Waals surface area contributed by atoms with Crippen LogP contribution in [-0.2, 0) is 38.0 Å². The van der Waals surface area contributed by atoms with Crippen LogP contribution in [0.1, 0.15) is 183 Å². The summed E-state index contributed by atoms with van der Waals surface area (Å²) in [5.74, 6) is 0. The topological polar surface area (TPSA) is 42.8 Å². The second-order valence-electron chi connectivity index (χ2n) is 41.0. The first-order valence-corrected chi connectivity index (χ1v) is 52.4. The van der Waals surface area contributed by atoms with Gasteiger partial charge in [-0.25, -0.2) is 0 Å². The van der Waals surface area contributed by atoms with Crippen molar-refractivity contribution in [2.45, 2.75) is 127 Å². The summed E-state index contributed by atoms with van der Waals surface area (Å²) >= 11 is 0. The van der Waals surface area contributed by atoms with E-state index in [0.717, 1.165) is 139 Å². The molecule has 149 heavy (non-hydrogen) atoms. The van der Waals surface area contributed by atoms with E-state index in [1.807, 2.05) is 12.1 Å². The van der Waals surface area contributed by atoms with Gasteiger partial charge in [0.15, 0.2) is 0 Å². The molecule has 5 nitrogen and oxygen atoms in total. The molecule has 2 aliphatic rings. The molecule has 0 unspecified atom stereocenters. The Kier molecular flexibility index (Phi) is 30.2. The van der Waals surface area contributed by atoms with E-state index < -0.39 is 0 Å². The number of fused-ring (bicyclic) bond motifs is 4. The molecule has 0 saturated heterocycles. The van der Waals surface area contributed by atoms with Gasteiger partial charge in [0, 0.05) is 69.6 Å². The van der Waals surface area contributed by atoms with Crippen molar-refractivity contribution in [1.82, 2.24) is 4.98 Å². The maximum absolute atomic E-state index is 9.82. The molecule has 1 N–H and O–H groups in total. The highest BCUT2D eigenvalue weighted by molar-refractivity contribution is 5.96. The Balaban J connectivity index is 0.000000188. The molecule has 21 rings (SSSR count). The third-order valence-corrected chi connectivity index (χ3v) is 29.1. The zero-order valence-electron chi connectivity index (χ0n) is 87.4. The summed E-state index contributed by atoms with van der Waals surface area (Å²) in [7, 11) is 0. The number of allylic oxidation sites excluding steroid dienone is 4. The highest BCUT2D eigenvalue weighted by Gasteiger charge is 2.36. The summed E-state index contributed by atoms with van der Waals surface area (Å²) in [4.78, 5) is 12.6. The van der Waals surface area contributed by atoms with Crippen LogP contribution < -0.4 is 14.7 Å². The van der Waals surface area contributed by atoms with Gasteiger partial charge < -0.3 is 19.8 Å². The van der Waals surface area contributed by atoms with Crippen molar-refractivity contribution < 1.29 is 5.11 Å². The number of aryl methyl sites for hydroxylation is 10. The van der Waals surface area contributed by atoms with Crippen LogP contribution in [0, 0.1) is 62.3 Å². The minimum Gasteiger partial charge on any atom is -0.392 e. The van der Waals surface area contributed by atoms with E-state index in [9.17, 15) is 5.11 Å². The molecule has 730 valence electrons. The van der Waals surface area contributed by atoms with Gasteiger partial charge in [0.05, 0.1) is 12.3 Å². The van der Waals surface area contributed by atoms with E-state index in [0.29, 0.717) is 0 Å². The average Bonchev–Trinajstić information content (AvgIpc) is 1.58. The second-order valence-corrected chi connectivity index (χ2v) is 41.0. The molecule has 0 spiro atoms. The van der Waals surface area contributed by atoms with Crippen molar-refractivity contribution in [2.75, 3.05) is 14.7 Å². The molecular weight excluding hydrogens is 1800 g/mol. The highest BCUT2D eigenvalue weighted by Crippen LogP contribution is 2.52. The van der Waals surface area contributed by atoms with Gasteiger partial charge in [-0.2, -0.15) is 0 Å². The van der Waals surface area contributed by atoms with E-state index in [4.69, 9.17) is 4.98 Å². The molecule has 0 saturated carbocycles. The van der Waals surface area contributed by atoms with E-state index >= 15 is 0 Å². The maximum atomic E-state index is 9.82. The van der Waals surface area contributed by atoms with E-state index in [1.165, 1.54) is 151 Å². The number of anilines is 7. The first-order valence-electron chi connectivity index (χ1n) is 52.4. The van der Waals surface area contributed by atoms with E-state index in [-0.39, 0.29) is 12.0 Å². The fourth-order valence-corrected chi connectivity index (χ4v) is 21.2. The summed E-state index contributed by atoms with van der Waals surface area (Å²) in [6.07, 6.45) is 22.5. The largest absolute Gasteiger partial charge is 0.392 e. The summed E-state index contributed by atoms with van der Waals surface area (Å²) < 4.78 is 0. The van der Waals surface area contributed by atoms with Gasteiger partial charge in [0.25, 0.3) is 0 Å². The molecule has 0 fully saturated rings. The Morgan fingerprint density at radius 1 is 0.282 bits per heavy atom. The van der Waals surface area contributed by atoms with Gasteiger partial charge in [-0.1, -0.05) is 423 Å². The average molecular weight is 1930 g/mol. The zero-order chi connectivity index (χ0) is 102. The van der Waals surface area contributed by atoms with Gasteiger partial charge in [0.1, 0.15) is 0 Å². The molecule has 5 heteroatoms. The molecule has 18 aromatic carbocycles. The van der Waals surface area contributed by atoms with E-state index in [1.54, 1.807) is 0 Å². The monoisotopic (exact) mass is 1930 g/mol. The van der Waals surface area contributed by atoms with Crippen LogP contribution in [0.3, 0.4) is 0 Å². The van der Waals surface area contributed by atoms with Crippen molar-refractivity contribution in [3.8, 4) is 33.5 Å². The minimum atomic E-state index is -0.0840. The molecular formula is C144H128N4O. The third kappa shape index (κ3) is 23.6. The normalized spacial score (nSPS) is 12.3. The quantitative estimate of drug-likeness (QED) is 0.0391. The van der Waals surface area contributed by atoms with Crippen LogP contribution in [0.4, 0.5) is 39.8 Å². The van der Waals surface area contributed by atoms with Gasteiger partial charge in [-0.05, 0) is 359 Å². The fourth-order valence-electron chi connectivity index (χ4n) is 21.2. The number of hydrogen-bond acceptors (Lipinski definition) is 5. The van der Waals surface area contributed by atoms with E-state index in [2.05, 4.69) is 564 Å². The predicted octanol–water partition coefficient (Wildman–Crippen LogP) is 37.2. The first-order chi connectivity index (χ1) is 72.6. The lowest BCUT2D eigenvalue weighted by atomic mass is 9.82. The molecule has 0 amide bonds. The first kappa shape index (κ1) is 99.3. The lowest BCUT2D eigenvalue weighted by Crippen LogP contribution is -2.22. The number of nitrogens with zero attached hydrogens (tertiary/aromatic N) is 4. The van der Waals surface area contributed by atoms with Crippen molar-refractivity contribution in [1.29, 1.82) is 0 Å². The summed E-state index contributed by atoms with van der Waals surface area (Å²) in [6.45, 7) is 25.6. The zero-order valence-corrected chi connectivity index (χ0v) is 87.4.